The van der Waals surface area contributed by atoms with Crippen LogP contribution in [0.2, 0.25) is 10.2 Å². The number of nitrogens with one attached hydrogen (secondary N) is 1. The number of hydrogen-bond acceptors (Lipinski definition) is 6. The Kier molecular flexibility index (Phi) is 6.70. The van der Waals surface area contributed by atoms with E-state index in [0.717, 1.165) is 10.6 Å². The van der Waals surface area contributed by atoms with Gasteiger partial charge in [-0.2, -0.15) is 13.2 Å². The average Bonchev–Trinajstić information content (AvgIpc) is 3.31. The van der Waals surface area contributed by atoms with Gasteiger partial charge in [0, 0.05) is 48.1 Å². The Morgan fingerprint density at radius 1 is 1.13 bits per heavy atom. The van der Waals surface area contributed by atoms with E-state index in [0.29, 0.717) is 5.56 Å². The molecule has 0 spiro atoms. The minimum absolute atomic E-state index is 0.0196. The molecule has 4 aromatic rings. The standard InChI is InChI=1S/C24H19Cl2F5N6O2/c1-11(32-15-2-3-17(26)34-19(15)21(38)39)13-8-12(25)9-14-18(13)35-22(36-6-4-23(27,28)5-7-36)37-10-16(24(29,30)31)33-20(14)37/h2-3,8-11,32H,4-7H2,1H3,(H,38,39)/t11-/m1/s1. The first-order chi connectivity index (χ1) is 18.2. The number of fused-ring (bicyclic) bond motifs is 3. The average molecular weight is 589 g/mol. The van der Waals surface area contributed by atoms with Crippen LogP contribution in [0.5, 0.6) is 0 Å². The van der Waals surface area contributed by atoms with E-state index in [-0.39, 0.29) is 57.1 Å². The number of benzene rings is 1. The summed E-state index contributed by atoms with van der Waals surface area (Å²) in [4.78, 5) is 25.5. The number of halogens is 7. The number of pyridine rings is 1. The summed E-state index contributed by atoms with van der Waals surface area (Å²) in [6, 6.07) is 5.10. The SMILES string of the molecule is C[C@@H](Nc1ccc(Cl)nc1C(=O)O)c1cc(Cl)cc2c1nc(N1CCC(F)(F)CC1)n1cc(C(F)(F)F)nc21. The molecule has 2 N–H and O–H groups in total. The number of alkyl halides is 5. The van der Waals surface area contributed by atoms with Gasteiger partial charge in [-0.1, -0.05) is 23.2 Å². The van der Waals surface area contributed by atoms with Crippen molar-refractivity contribution >= 4 is 57.4 Å². The number of carbonyl (C=O) groups is 1. The third kappa shape index (κ3) is 5.24. The normalized spacial score (nSPS) is 16.6. The van der Waals surface area contributed by atoms with Gasteiger partial charge in [0.2, 0.25) is 5.95 Å². The number of piperidine rings is 1. The maximum Gasteiger partial charge on any atom is 0.434 e. The number of rotatable bonds is 5. The van der Waals surface area contributed by atoms with Crippen molar-refractivity contribution in [2.24, 2.45) is 0 Å². The molecule has 0 aliphatic carbocycles. The molecule has 5 rings (SSSR count). The van der Waals surface area contributed by atoms with Crippen molar-refractivity contribution < 1.29 is 31.9 Å². The Morgan fingerprint density at radius 2 is 1.82 bits per heavy atom. The number of imidazole rings is 1. The summed E-state index contributed by atoms with van der Waals surface area (Å²) >= 11 is 12.2. The molecule has 0 saturated carbocycles. The van der Waals surface area contributed by atoms with E-state index < -0.39 is 42.6 Å². The summed E-state index contributed by atoms with van der Waals surface area (Å²) in [7, 11) is 0. The predicted octanol–water partition coefficient (Wildman–Crippen LogP) is 6.71. The van der Waals surface area contributed by atoms with Gasteiger partial charge >= 0.3 is 12.1 Å². The minimum atomic E-state index is -4.77. The number of nitrogens with zero attached hydrogens (tertiary/aromatic N) is 5. The molecular weight excluding hydrogens is 570 g/mol. The van der Waals surface area contributed by atoms with Crippen molar-refractivity contribution in [1.82, 2.24) is 19.4 Å². The zero-order valence-electron chi connectivity index (χ0n) is 20.0. The van der Waals surface area contributed by atoms with Crippen molar-refractivity contribution in [1.29, 1.82) is 0 Å². The molecule has 1 fully saturated rings. The van der Waals surface area contributed by atoms with E-state index in [4.69, 9.17) is 23.2 Å². The van der Waals surface area contributed by atoms with Gasteiger partial charge < -0.3 is 15.3 Å². The second-order valence-corrected chi connectivity index (χ2v) is 9.99. The summed E-state index contributed by atoms with van der Waals surface area (Å²) < 4.78 is 69.8. The van der Waals surface area contributed by atoms with Crippen LogP contribution < -0.4 is 10.2 Å². The molecule has 3 aromatic heterocycles. The van der Waals surface area contributed by atoms with E-state index in [1.54, 1.807) is 6.92 Å². The number of carboxylic acids is 1. The zero-order valence-corrected chi connectivity index (χ0v) is 21.5. The van der Waals surface area contributed by atoms with Crippen molar-refractivity contribution in [2.45, 2.75) is 37.9 Å². The third-order valence-electron chi connectivity index (χ3n) is 6.45. The Hall–Kier alpha value is -3.45. The van der Waals surface area contributed by atoms with Crippen molar-refractivity contribution in [3.8, 4) is 0 Å². The summed E-state index contributed by atoms with van der Waals surface area (Å²) in [5.74, 6) is -4.19. The maximum absolute atomic E-state index is 13.9. The highest BCUT2D eigenvalue weighted by atomic mass is 35.5. The predicted molar refractivity (Wildman–Crippen MR) is 135 cm³/mol. The van der Waals surface area contributed by atoms with Gasteiger partial charge in [0.15, 0.2) is 11.4 Å². The smallest absolute Gasteiger partial charge is 0.434 e. The monoisotopic (exact) mass is 588 g/mol. The number of hydrogen-bond donors (Lipinski definition) is 2. The topological polar surface area (TPSA) is 95.6 Å². The lowest BCUT2D eigenvalue weighted by Crippen LogP contribution is -2.40. The van der Waals surface area contributed by atoms with Gasteiger partial charge in [-0.05, 0) is 31.2 Å². The zero-order chi connectivity index (χ0) is 28.3. The van der Waals surface area contributed by atoms with Crippen LogP contribution >= 0.6 is 23.2 Å². The van der Waals surface area contributed by atoms with Crippen LogP contribution in [0, 0.1) is 0 Å². The van der Waals surface area contributed by atoms with Gasteiger partial charge in [-0.25, -0.2) is 28.5 Å². The van der Waals surface area contributed by atoms with Crippen LogP contribution in [0.4, 0.5) is 33.6 Å². The number of aromatic carboxylic acids is 1. The van der Waals surface area contributed by atoms with Crippen LogP contribution in [0.3, 0.4) is 0 Å². The first-order valence-corrected chi connectivity index (χ1v) is 12.4. The molecule has 1 aliphatic heterocycles. The number of aromatic nitrogens is 4. The maximum atomic E-state index is 13.9. The van der Waals surface area contributed by atoms with E-state index in [9.17, 15) is 31.9 Å². The molecule has 0 bridgehead atoms. The molecule has 1 aromatic carbocycles. The van der Waals surface area contributed by atoms with E-state index in [1.165, 1.54) is 29.2 Å². The van der Waals surface area contributed by atoms with Crippen molar-refractivity contribution in [3.05, 3.63) is 57.6 Å². The lowest BCUT2D eigenvalue weighted by atomic mass is 10.0. The first-order valence-electron chi connectivity index (χ1n) is 11.6. The first kappa shape index (κ1) is 27.1. The largest absolute Gasteiger partial charge is 0.476 e. The van der Waals surface area contributed by atoms with E-state index in [1.807, 2.05) is 0 Å². The molecule has 0 unspecified atom stereocenters. The van der Waals surface area contributed by atoms with Crippen LogP contribution in [-0.2, 0) is 6.18 Å². The Balaban J connectivity index is 1.69. The lowest BCUT2D eigenvalue weighted by Gasteiger charge is -2.33. The van der Waals surface area contributed by atoms with E-state index >= 15 is 0 Å². The minimum Gasteiger partial charge on any atom is -0.476 e. The molecule has 1 saturated heterocycles. The van der Waals surface area contributed by atoms with Crippen molar-refractivity contribution in [2.75, 3.05) is 23.3 Å². The van der Waals surface area contributed by atoms with Gasteiger partial charge in [-0.15, -0.1) is 0 Å². The summed E-state index contributed by atoms with van der Waals surface area (Å²) in [6.07, 6.45) is -4.95. The fourth-order valence-electron chi connectivity index (χ4n) is 4.54. The molecular formula is C24H19Cl2F5N6O2. The summed E-state index contributed by atoms with van der Waals surface area (Å²) in [5, 5.41) is 12.9. The van der Waals surface area contributed by atoms with Crippen molar-refractivity contribution in [3.63, 3.8) is 0 Å². The van der Waals surface area contributed by atoms with E-state index in [2.05, 4.69) is 20.3 Å². The highest BCUT2D eigenvalue weighted by molar-refractivity contribution is 6.31. The molecule has 4 heterocycles. The highest BCUT2D eigenvalue weighted by Crippen LogP contribution is 2.38. The molecule has 0 radical (unpaired) electrons. The van der Waals surface area contributed by atoms with Crippen LogP contribution in [-0.4, -0.2) is 49.4 Å². The highest BCUT2D eigenvalue weighted by Gasteiger charge is 2.38. The molecule has 39 heavy (non-hydrogen) atoms. The molecule has 0 amide bonds. The van der Waals surface area contributed by atoms with Gasteiger partial charge in [-0.3, -0.25) is 4.40 Å². The van der Waals surface area contributed by atoms with Crippen LogP contribution in [0.1, 0.15) is 47.6 Å². The number of anilines is 2. The van der Waals surface area contributed by atoms with Crippen LogP contribution in [0.25, 0.3) is 16.6 Å². The van der Waals surface area contributed by atoms with Crippen LogP contribution in [0.15, 0.2) is 30.5 Å². The number of carboxylic acid groups (broad SMARTS) is 1. The Bertz CT molecular complexity index is 1600. The molecule has 15 heteroatoms. The van der Waals surface area contributed by atoms with Gasteiger partial charge in [0.05, 0.1) is 17.2 Å². The summed E-state index contributed by atoms with van der Waals surface area (Å²) in [5.41, 5.74) is -0.855. The quantitative estimate of drug-likeness (QED) is 0.197. The molecule has 1 aliphatic rings. The molecule has 1 atom stereocenters. The Labute approximate surface area is 227 Å². The van der Waals surface area contributed by atoms with Gasteiger partial charge in [0.25, 0.3) is 5.92 Å². The molecule has 206 valence electrons. The lowest BCUT2D eigenvalue weighted by molar-refractivity contribution is -0.140. The second kappa shape index (κ2) is 9.63. The summed E-state index contributed by atoms with van der Waals surface area (Å²) in [6.45, 7) is 1.41. The van der Waals surface area contributed by atoms with Gasteiger partial charge in [0.1, 0.15) is 10.8 Å². The fraction of sp³-hybridized carbons (Fsp3) is 0.333. The molecule has 8 nitrogen and oxygen atoms in total. The third-order valence-corrected chi connectivity index (χ3v) is 6.88. The fourth-order valence-corrected chi connectivity index (χ4v) is 4.92. The second-order valence-electron chi connectivity index (χ2n) is 9.16. The Morgan fingerprint density at radius 3 is 2.46 bits per heavy atom.